The van der Waals surface area contributed by atoms with Crippen molar-refractivity contribution in [2.45, 2.75) is 56.7 Å². The summed E-state index contributed by atoms with van der Waals surface area (Å²) in [4.78, 5) is 0. The van der Waals surface area contributed by atoms with Crippen molar-refractivity contribution >= 4 is 0 Å². The molecule has 1 saturated heterocycles. The van der Waals surface area contributed by atoms with Gasteiger partial charge in [0, 0.05) is 25.2 Å². The topological polar surface area (TPSA) is 42.5 Å². The Kier molecular flexibility index (Phi) is 6.50. The lowest BCUT2D eigenvalue weighted by molar-refractivity contribution is 0.200. The van der Waals surface area contributed by atoms with E-state index in [0.717, 1.165) is 50.3 Å². The number of benzene rings is 2. The zero-order valence-electron chi connectivity index (χ0n) is 16.8. The fourth-order valence-corrected chi connectivity index (χ4v) is 4.47. The first kappa shape index (κ1) is 19.3. The van der Waals surface area contributed by atoms with E-state index < -0.39 is 0 Å². The lowest BCUT2D eigenvalue weighted by atomic mass is 9.95. The van der Waals surface area contributed by atoms with Crippen molar-refractivity contribution in [2.24, 2.45) is 0 Å². The number of hydrogen-bond donors (Lipinski definition) is 2. The summed E-state index contributed by atoms with van der Waals surface area (Å²) in [5, 5.41) is 7.42. The van der Waals surface area contributed by atoms with Gasteiger partial charge in [-0.25, -0.2) is 0 Å². The molecule has 1 aliphatic carbocycles. The molecule has 4 nitrogen and oxygen atoms in total. The quantitative estimate of drug-likeness (QED) is 0.786. The van der Waals surface area contributed by atoms with Gasteiger partial charge in [-0.2, -0.15) is 0 Å². The summed E-state index contributed by atoms with van der Waals surface area (Å²) in [6, 6.07) is 18.0. The van der Waals surface area contributed by atoms with Crippen LogP contribution in [0.4, 0.5) is 0 Å². The Balaban J connectivity index is 1.49. The van der Waals surface area contributed by atoms with Crippen LogP contribution in [0, 0.1) is 0 Å². The van der Waals surface area contributed by atoms with Crippen molar-refractivity contribution in [2.75, 3.05) is 20.2 Å². The second kappa shape index (κ2) is 9.44. The van der Waals surface area contributed by atoms with Gasteiger partial charge in [-0.05, 0) is 61.8 Å². The van der Waals surface area contributed by atoms with Gasteiger partial charge < -0.3 is 20.1 Å². The van der Waals surface area contributed by atoms with Gasteiger partial charge in [0.05, 0.1) is 13.2 Å². The summed E-state index contributed by atoms with van der Waals surface area (Å²) in [6.07, 6.45) is 7.28. The third kappa shape index (κ3) is 4.86. The lowest BCUT2D eigenvalue weighted by Crippen LogP contribution is -2.31. The van der Waals surface area contributed by atoms with Gasteiger partial charge in [-0.15, -0.1) is 0 Å². The maximum Gasteiger partial charge on any atom is 0.161 e. The minimum Gasteiger partial charge on any atom is -0.493 e. The third-order valence-electron chi connectivity index (χ3n) is 5.98. The molecule has 2 fully saturated rings. The van der Waals surface area contributed by atoms with Crippen molar-refractivity contribution in [3.05, 3.63) is 59.7 Å². The minimum atomic E-state index is 0.320. The molecule has 4 rings (SSSR count). The van der Waals surface area contributed by atoms with Crippen LogP contribution in [0.3, 0.4) is 0 Å². The normalized spacial score (nSPS) is 23.3. The second-order valence-corrected chi connectivity index (χ2v) is 8.02. The zero-order chi connectivity index (χ0) is 19.2. The molecule has 4 heteroatoms. The molecule has 2 aliphatic rings. The predicted octanol–water partition coefficient (Wildman–Crippen LogP) is 4.25. The molecule has 0 spiro atoms. The van der Waals surface area contributed by atoms with Crippen LogP contribution in [-0.4, -0.2) is 32.3 Å². The van der Waals surface area contributed by atoms with Gasteiger partial charge >= 0.3 is 0 Å². The molecular weight excluding hydrogens is 348 g/mol. The van der Waals surface area contributed by atoms with Crippen LogP contribution in [0.1, 0.15) is 49.3 Å². The SMILES string of the molecule is COc1ccc([C@@H]2CC(Cc3ccccc3)NCCN2)cc1OC1CCCC1. The summed E-state index contributed by atoms with van der Waals surface area (Å²) in [7, 11) is 1.72. The second-order valence-electron chi connectivity index (χ2n) is 8.02. The van der Waals surface area contributed by atoms with E-state index in [1.807, 2.05) is 0 Å². The maximum atomic E-state index is 6.31. The standard InChI is InChI=1S/C24H32N2O2/c1-27-23-12-11-19(16-24(23)28-21-9-5-6-10-21)22-17-20(25-13-14-26-22)15-18-7-3-2-4-8-18/h2-4,7-8,11-12,16,20-22,25-26H,5-6,9-10,13-15,17H2,1H3/t20?,22-/m0/s1. The summed E-state index contributed by atoms with van der Waals surface area (Å²) in [5.74, 6) is 1.73. The number of nitrogens with one attached hydrogen (secondary N) is 2. The van der Waals surface area contributed by atoms with Gasteiger partial charge in [0.2, 0.25) is 0 Å². The van der Waals surface area contributed by atoms with Crippen LogP contribution in [0.25, 0.3) is 0 Å². The first-order valence-electron chi connectivity index (χ1n) is 10.7. The molecule has 1 unspecified atom stereocenters. The van der Waals surface area contributed by atoms with Crippen LogP contribution < -0.4 is 20.1 Å². The van der Waals surface area contributed by atoms with Crippen molar-refractivity contribution < 1.29 is 9.47 Å². The van der Waals surface area contributed by atoms with E-state index in [4.69, 9.17) is 9.47 Å². The van der Waals surface area contributed by atoms with Gasteiger partial charge in [-0.1, -0.05) is 36.4 Å². The van der Waals surface area contributed by atoms with Crippen molar-refractivity contribution in [3.63, 3.8) is 0 Å². The van der Waals surface area contributed by atoms with Gasteiger partial charge in [0.25, 0.3) is 0 Å². The molecule has 0 amide bonds. The molecule has 28 heavy (non-hydrogen) atoms. The fourth-order valence-electron chi connectivity index (χ4n) is 4.47. The molecular formula is C24H32N2O2. The minimum absolute atomic E-state index is 0.320. The first-order valence-corrected chi connectivity index (χ1v) is 10.7. The lowest BCUT2D eigenvalue weighted by Gasteiger charge is -2.23. The van der Waals surface area contributed by atoms with Gasteiger partial charge in [-0.3, -0.25) is 0 Å². The molecule has 0 aromatic heterocycles. The average molecular weight is 381 g/mol. The van der Waals surface area contributed by atoms with E-state index in [9.17, 15) is 0 Å². The number of ether oxygens (including phenoxy) is 2. The van der Waals surface area contributed by atoms with E-state index in [0.29, 0.717) is 18.2 Å². The highest BCUT2D eigenvalue weighted by molar-refractivity contribution is 5.44. The zero-order valence-corrected chi connectivity index (χ0v) is 16.8. The molecule has 2 N–H and O–H groups in total. The van der Waals surface area contributed by atoms with E-state index in [2.05, 4.69) is 59.2 Å². The smallest absolute Gasteiger partial charge is 0.161 e. The summed E-state index contributed by atoms with van der Waals surface area (Å²) < 4.78 is 11.9. The molecule has 2 aromatic rings. The van der Waals surface area contributed by atoms with Crippen LogP contribution in [0.5, 0.6) is 11.5 Å². The van der Waals surface area contributed by atoms with E-state index >= 15 is 0 Å². The van der Waals surface area contributed by atoms with Crippen LogP contribution in [-0.2, 0) is 6.42 Å². The number of methoxy groups -OCH3 is 1. The predicted molar refractivity (Wildman–Crippen MR) is 113 cm³/mol. The fraction of sp³-hybridized carbons (Fsp3) is 0.500. The van der Waals surface area contributed by atoms with Crippen LogP contribution in [0.15, 0.2) is 48.5 Å². The Bertz CT molecular complexity index is 744. The van der Waals surface area contributed by atoms with E-state index in [1.54, 1.807) is 7.11 Å². The number of rotatable bonds is 6. The van der Waals surface area contributed by atoms with Crippen molar-refractivity contribution in [1.29, 1.82) is 0 Å². The first-order chi connectivity index (χ1) is 13.8. The molecule has 2 aromatic carbocycles. The van der Waals surface area contributed by atoms with Gasteiger partial charge in [0.15, 0.2) is 11.5 Å². The number of hydrogen-bond acceptors (Lipinski definition) is 4. The largest absolute Gasteiger partial charge is 0.493 e. The maximum absolute atomic E-state index is 6.31. The molecule has 1 heterocycles. The highest BCUT2D eigenvalue weighted by atomic mass is 16.5. The molecule has 1 aliphatic heterocycles. The van der Waals surface area contributed by atoms with Crippen LogP contribution >= 0.6 is 0 Å². The van der Waals surface area contributed by atoms with Crippen LogP contribution in [0.2, 0.25) is 0 Å². The van der Waals surface area contributed by atoms with E-state index in [1.165, 1.54) is 24.0 Å². The molecule has 0 radical (unpaired) electrons. The Labute approximate surface area is 168 Å². The average Bonchev–Trinajstić information content (AvgIpc) is 3.13. The van der Waals surface area contributed by atoms with Crippen molar-refractivity contribution in [1.82, 2.24) is 10.6 Å². The van der Waals surface area contributed by atoms with Gasteiger partial charge in [0.1, 0.15) is 0 Å². The Hall–Kier alpha value is -2.04. The highest BCUT2D eigenvalue weighted by Crippen LogP contribution is 2.35. The molecule has 0 bridgehead atoms. The molecule has 2 atom stereocenters. The Morgan fingerprint density at radius 3 is 2.50 bits per heavy atom. The van der Waals surface area contributed by atoms with E-state index in [-0.39, 0.29) is 0 Å². The molecule has 150 valence electrons. The molecule has 1 saturated carbocycles. The summed E-state index contributed by atoms with van der Waals surface area (Å²) in [6.45, 7) is 1.97. The third-order valence-corrected chi connectivity index (χ3v) is 5.98. The summed E-state index contributed by atoms with van der Waals surface area (Å²) in [5.41, 5.74) is 2.68. The summed E-state index contributed by atoms with van der Waals surface area (Å²) >= 11 is 0. The highest BCUT2D eigenvalue weighted by Gasteiger charge is 2.23. The Morgan fingerprint density at radius 2 is 1.71 bits per heavy atom. The monoisotopic (exact) mass is 380 g/mol. The van der Waals surface area contributed by atoms with Crippen molar-refractivity contribution in [3.8, 4) is 11.5 Å². The Morgan fingerprint density at radius 1 is 0.929 bits per heavy atom.